The summed E-state index contributed by atoms with van der Waals surface area (Å²) < 4.78 is 15.8. The van der Waals surface area contributed by atoms with Crippen LogP contribution < -0.4 is 19.1 Å². The molecule has 0 bridgehead atoms. The minimum absolute atomic E-state index is 0.0434. The molecule has 0 spiro atoms. The summed E-state index contributed by atoms with van der Waals surface area (Å²) in [6.45, 7) is 3.58. The van der Waals surface area contributed by atoms with E-state index in [2.05, 4.69) is 9.80 Å². The number of ketones is 2. The van der Waals surface area contributed by atoms with Gasteiger partial charge in [-0.1, -0.05) is 36.4 Å². The van der Waals surface area contributed by atoms with E-state index in [0.29, 0.717) is 23.2 Å². The number of phenols is 1. The van der Waals surface area contributed by atoms with Gasteiger partial charge in [-0.15, -0.1) is 0 Å². The highest BCUT2D eigenvalue weighted by atomic mass is 16.5. The van der Waals surface area contributed by atoms with Crippen molar-refractivity contribution in [2.24, 2.45) is 0 Å². The molecule has 4 aromatic carbocycles. The first-order valence-electron chi connectivity index (χ1n) is 15.1. The molecule has 1 heterocycles. The van der Waals surface area contributed by atoms with E-state index in [4.69, 9.17) is 14.2 Å². The van der Waals surface area contributed by atoms with Crippen molar-refractivity contribution in [1.29, 1.82) is 0 Å². The van der Waals surface area contributed by atoms with Gasteiger partial charge in [0, 0.05) is 55.1 Å². The molecule has 8 nitrogen and oxygen atoms in total. The Balaban J connectivity index is 1.18. The molecule has 1 saturated heterocycles. The second-order valence-corrected chi connectivity index (χ2v) is 10.9. The number of carbonyl (C=O) groups excluding carboxylic acids is 2. The van der Waals surface area contributed by atoms with Crippen LogP contribution in [0.2, 0.25) is 0 Å². The lowest BCUT2D eigenvalue weighted by Crippen LogP contribution is -2.46. The zero-order valence-corrected chi connectivity index (χ0v) is 26.3. The fourth-order valence-electron chi connectivity index (χ4n) is 5.29. The van der Waals surface area contributed by atoms with Gasteiger partial charge in [0.25, 0.3) is 0 Å². The summed E-state index contributed by atoms with van der Waals surface area (Å²) in [7, 11) is 4.71. The van der Waals surface area contributed by atoms with Crippen molar-refractivity contribution in [3.63, 3.8) is 0 Å². The fraction of sp³-hybridized carbons (Fsp3) is 0.211. The van der Waals surface area contributed by atoms with Crippen LogP contribution in [0.25, 0.3) is 12.2 Å². The predicted molar refractivity (Wildman–Crippen MR) is 181 cm³/mol. The molecule has 1 fully saturated rings. The van der Waals surface area contributed by atoms with E-state index >= 15 is 0 Å². The van der Waals surface area contributed by atoms with Gasteiger partial charge in [-0.05, 0) is 83.9 Å². The molecule has 0 aromatic heterocycles. The quantitative estimate of drug-likeness (QED) is 0.142. The van der Waals surface area contributed by atoms with Crippen LogP contribution in [0, 0.1) is 0 Å². The minimum Gasteiger partial charge on any atom is -0.504 e. The van der Waals surface area contributed by atoms with Crippen LogP contribution in [0.1, 0.15) is 37.4 Å². The number of anilines is 1. The van der Waals surface area contributed by atoms with Gasteiger partial charge in [0.2, 0.25) is 0 Å². The standard InChI is InChI=1S/C38H38N2O6/c1-44-33-14-4-27(5-15-33)8-18-35(41)29-10-12-32(13-11-29)40-22-20-39(21-23-40)26-31-24-30(25-37(46-3)38(31)43)36(42)19-9-28-6-16-34(45-2)17-7-28/h4-19,24-25,43H,20-23,26H2,1-3H3/b18-8+,19-9+. The van der Waals surface area contributed by atoms with Crippen LogP contribution in [-0.4, -0.2) is 69.1 Å². The van der Waals surface area contributed by atoms with Gasteiger partial charge in [-0.25, -0.2) is 0 Å². The van der Waals surface area contributed by atoms with E-state index in [0.717, 1.165) is 54.5 Å². The number of hydrogen-bond acceptors (Lipinski definition) is 8. The maximum absolute atomic E-state index is 13.1. The number of hydrogen-bond donors (Lipinski definition) is 1. The highest BCUT2D eigenvalue weighted by molar-refractivity contribution is 6.07. The van der Waals surface area contributed by atoms with Crippen LogP contribution in [0.5, 0.6) is 23.0 Å². The number of methoxy groups -OCH3 is 3. The summed E-state index contributed by atoms with van der Waals surface area (Å²) in [5.41, 5.74) is 4.57. The molecule has 0 amide bonds. The first kappa shape index (κ1) is 32.1. The summed E-state index contributed by atoms with van der Waals surface area (Å²) in [6, 6.07) is 26.0. The third kappa shape index (κ3) is 8.02. The number of rotatable bonds is 12. The topological polar surface area (TPSA) is 88.5 Å². The van der Waals surface area contributed by atoms with E-state index < -0.39 is 0 Å². The SMILES string of the molecule is COc1ccc(/C=C/C(=O)c2ccc(N3CCN(Cc4cc(C(=O)/C=C/c5ccc(OC)cc5)cc(OC)c4O)CC3)cc2)cc1. The van der Waals surface area contributed by atoms with E-state index in [1.807, 2.05) is 72.8 Å². The van der Waals surface area contributed by atoms with Crippen molar-refractivity contribution in [3.8, 4) is 23.0 Å². The minimum atomic E-state index is -0.182. The van der Waals surface area contributed by atoms with Crippen molar-refractivity contribution >= 4 is 29.4 Å². The number of aromatic hydroxyl groups is 1. The average Bonchev–Trinajstić information content (AvgIpc) is 3.11. The highest BCUT2D eigenvalue weighted by Crippen LogP contribution is 2.33. The van der Waals surface area contributed by atoms with E-state index in [1.54, 1.807) is 44.6 Å². The van der Waals surface area contributed by atoms with Crippen LogP contribution in [0.3, 0.4) is 0 Å². The van der Waals surface area contributed by atoms with Gasteiger partial charge in [0.05, 0.1) is 21.3 Å². The number of phenolic OH excluding ortho intramolecular Hbond substituents is 1. The molecule has 1 N–H and O–H groups in total. The molecule has 0 radical (unpaired) electrons. The molecule has 0 atom stereocenters. The molecule has 1 aliphatic rings. The summed E-state index contributed by atoms with van der Waals surface area (Å²) >= 11 is 0. The van der Waals surface area contributed by atoms with E-state index in [-0.39, 0.29) is 23.1 Å². The monoisotopic (exact) mass is 618 g/mol. The molecular weight excluding hydrogens is 580 g/mol. The van der Waals surface area contributed by atoms with Crippen LogP contribution in [-0.2, 0) is 6.54 Å². The highest BCUT2D eigenvalue weighted by Gasteiger charge is 2.21. The largest absolute Gasteiger partial charge is 0.504 e. The van der Waals surface area contributed by atoms with Gasteiger partial charge in [0.1, 0.15) is 11.5 Å². The molecule has 4 aromatic rings. The zero-order valence-electron chi connectivity index (χ0n) is 26.3. The second-order valence-electron chi connectivity index (χ2n) is 10.9. The first-order chi connectivity index (χ1) is 22.4. The Morgan fingerprint density at radius 1 is 0.674 bits per heavy atom. The molecule has 8 heteroatoms. The van der Waals surface area contributed by atoms with Gasteiger partial charge in [-0.3, -0.25) is 14.5 Å². The first-order valence-corrected chi connectivity index (χ1v) is 15.1. The van der Waals surface area contributed by atoms with Crippen molar-refractivity contribution in [2.45, 2.75) is 6.54 Å². The third-order valence-corrected chi connectivity index (χ3v) is 8.03. The Labute approximate surface area is 269 Å². The van der Waals surface area contributed by atoms with Gasteiger partial charge in [0.15, 0.2) is 23.1 Å². The Kier molecular flexibility index (Phi) is 10.5. The maximum atomic E-state index is 13.1. The molecular formula is C38H38N2O6. The van der Waals surface area contributed by atoms with Crippen molar-refractivity contribution in [2.75, 3.05) is 52.4 Å². The smallest absolute Gasteiger partial charge is 0.186 e. The number of carbonyl (C=O) groups is 2. The van der Waals surface area contributed by atoms with Crippen molar-refractivity contribution in [3.05, 3.63) is 125 Å². The number of allylic oxidation sites excluding steroid dienone is 2. The zero-order chi connectivity index (χ0) is 32.5. The van der Waals surface area contributed by atoms with Crippen molar-refractivity contribution in [1.82, 2.24) is 4.90 Å². The third-order valence-electron chi connectivity index (χ3n) is 8.03. The normalized spacial score (nSPS) is 13.7. The molecule has 46 heavy (non-hydrogen) atoms. The molecule has 0 aliphatic carbocycles. The fourth-order valence-corrected chi connectivity index (χ4v) is 5.29. The van der Waals surface area contributed by atoms with Gasteiger partial charge >= 0.3 is 0 Å². The van der Waals surface area contributed by atoms with Crippen LogP contribution >= 0.6 is 0 Å². The van der Waals surface area contributed by atoms with Crippen LogP contribution in [0.15, 0.2) is 97.1 Å². The summed E-state index contributed by atoms with van der Waals surface area (Å²) in [5.74, 6) is 1.59. The molecule has 1 aliphatic heterocycles. The van der Waals surface area contributed by atoms with E-state index in [1.165, 1.54) is 13.2 Å². The molecule has 236 valence electrons. The summed E-state index contributed by atoms with van der Waals surface area (Å²) in [4.78, 5) is 30.3. The Morgan fingerprint density at radius 3 is 1.70 bits per heavy atom. The number of benzene rings is 4. The Morgan fingerprint density at radius 2 is 1.20 bits per heavy atom. The Bertz CT molecular complexity index is 1700. The second kappa shape index (κ2) is 15.1. The molecule has 0 unspecified atom stereocenters. The number of ether oxygens (including phenoxy) is 3. The molecule has 5 rings (SSSR count). The number of piperazine rings is 1. The number of nitrogens with zero attached hydrogens (tertiary/aromatic N) is 2. The van der Waals surface area contributed by atoms with Gasteiger partial charge < -0.3 is 24.2 Å². The maximum Gasteiger partial charge on any atom is 0.186 e. The molecule has 0 saturated carbocycles. The van der Waals surface area contributed by atoms with Crippen LogP contribution in [0.4, 0.5) is 5.69 Å². The summed E-state index contributed by atoms with van der Waals surface area (Å²) in [5, 5.41) is 10.9. The van der Waals surface area contributed by atoms with E-state index in [9.17, 15) is 14.7 Å². The van der Waals surface area contributed by atoms with Gasteiger partial charge in [-0.2, -0.15) is 0 Å². The summed E-state index contributed by atoms with van der Waals surface area (Å²) in [6.07, 6.45) is 6.65. The Hall–Kier alpha value is -5.34. The predicted octanol–water partition coefficient (Wildman–Crippen LogP) is 6.53. The van der Waals surface area contributed by atoms with Crippen molar-refractivity contribution < 1.29 is 28.9 Å². The lowest BCUT2D eigenvalue weighted by molar-refractivity contribution is 0.103. The average molecular weight is 619 g/mol. The lowest BCUT2D eigenvalue weighted by atomic mass is 10.0. The lowest BCUT2D eigenvalue weighted by Gasteiger charge is -2.36.